The SMILES string of the molecule is CC1(C)OC[C@H](C(O)C#CC2=CCCC/C2=C/OS(=O)(=O)C(F)(F)F)O1. The highest BCUT2D eigenvalue weighted by atomic mass is 32.2. The van der Waals surface area contributed by atoms with Crippen LogP contribution in [-0.2, 0) is 23.8 Å². The van der Waals surface area contributed by atoms with Gasteiger partial charge in [-0.1, -0.05) is 17.9 Å². The summed E-state index contributed by atoms with van der Waals surface area (Å²) < 4.78 is 73.7. The molecular formula is C16H19F3O6S. The Kier molecular flexibility index (Phi) is 6.07. The molecule has 0 radical (unpaired) electrons. The van der Waals surface area contributed by atoms with Crippen LogP contribution in [0.4, 0.5) is 13.2 Å². The zero-order valence-electron chi connectivity index (χ0n) is 14.2. The van der Waals surface area contributed by atoms with Gasteiger partial charge in [-0.05, 0) is 33.1 Å². The van der Waals surface area contributed by atoms with E-state index in [4.69, 9.17) is 9.47 Å². The summed E-state index contributed by atoms with van der Waals surface area (Å²) in [5, 5.41) is 10.1. The van der Waals surface area contributed by atoms with E-state index < -0.39 is 33.6 Å². The summed E-state index contributed by atoms with van der Waals surface area (Å²) in [6.45, 7) is 3.53. The third-order valence-electron chi connectivity index (χ3n) is 3.68. The predicted octanol–water partition coefficient (Wildman–Crippen LogP) is 2.36. The van der Waals surface area contributed by atoms with Crippen molar-refractivity contribution in [3.63, 3.8) is 0 Å². The third kappa shape index (κ3) is 5.23. The van der Waals surface area contributed by atoms with Gasteiger partial charge in [-0.2, -0.15) is 21.6 Å². The Labute approximate surface area is 149 Å². The van der Waals surface area contributed by atoms with Crippen LogP contribution in [0.1, 0.15) is 33.1 Å². The summed E-state index contributed by atoms with van der Waals surface area (Å²) in [4.78, 5) is 0. The lowest BCUT2D eigenvalue weighted by Gasteiger charge is -2.18. The van der Waals surface area contributed by atoms with Crippen LogP contribution in [0.15, 0.2) is 23.5 Å². The van der Waals surface area contributed by atoms with Crippen molar-refractivity contribution in [2.45, 2.75) is 56.6 Å². The van der Waals surface area contributed by atoms with Gasteiger partial charge in [-0.25, -0.2) is 0 Å². The predicted molar refractivity (Wildman–Crippen MR) is 84.8 cm³/mol. The van der Waals surface area contributed by atoms with Gasteiger partial charge in [-0.3, -0.25) is 0 Å². The molecule has 1 heterocycles. The summed E-state index contributed by atoms with van der Waals surface area (Å²) >= 11 is 0. The molecule has 1 aliphatic heterocycles. The average Bonchev–Trinajstić information content (AvgIpc) is 2.90. The molecule has 1 fully saturated rings. The van der Waals surface area contributed by atoms with E-state index in [9.17, 15) is 26.7 Å². The van der Waals surface area contributed by atoms with E-state index >= 15 is 0 Å². The van der Waals surface area contributed by atoms with Crippen molar-refractivity contribution >= 4 is 10.1 Å². The van der Waals surface area contributed by atoms with Crippen molar-refractivity contribution < 1.29 is 40.4 Å². The van der Waals surface area contributed by atoms with Gasteiger partial charge in [0.15, 0.2) is 5.79 Å². The number of rotatable bonds is 3. The molecule has 2 rings (SSSR count). The molecule has 1 N–H and O–H groups in total. The van der Waals surface area contributed by atoms with E-state index in [-0.39, 0.29) is 12.2 Å². The van der Waals surface area contributed by atoms with Gasteiger partial charge in [0.05, 0.1) is 6.61 Å². The van der Waals surface area contributed by atoms with Gasteiger partial charge < -0.3 is 18.8 Å². The molecule has 0 aromatic carbocycles. The number of allylic oxidation sites excluding steroid dienone is 3. The molecule has 0 aromatic rings. The largest absolute Gasteiger partial charge is 0.534 e. The van der Waals surface area contributed by atoms with Gasteiger partial charge in [0, 0.05) is 11.1 Å². The van der Waals surface area contributed by atoms with Gasteiger partial charge in [-0.15, -0.1) is 0 Å². The van der Waals surface area contributed by atoms with Crippen LogP contribution in [0.2, 0.25) is 0 Å². The van der Waals surface area contributed by atoms with Crippen LogP contribution in [0.25, 0.3) is 0 Å². The Bertz CT molecular complexity index is 755. The molecule has 1 unspecified atom stereocenters. The lowest BCUT2D eigenvalue weighted by atomic mass is 9.94. The quantitative estimate of drug-likeness (QED) is 0.341. The minimum Gasteiger partial charge on any atom is -0.384 e. The Hall–Kier alpha value is -1.54. The standard InChI is InChI=1S/C16H19F3O6S/c1-15(2)23-10-14(25-15)13(20)8-7-11-5-3-4-6-12(11)9-24-26(21,22)16(17,18)19/h5,9,13-14,20H,3-4,6,10H2,1-2H3/b12-9-/t13?,14-/m1/s1. The molecule has 0 amide bonds. The summed E-state index contributed by atoms with van der Waals surface area (Å²) in [6.07, 6.45) is 1.92. The monoisotopic (exact) mass is 396 g/mol. The molecule has 1 aliphatic carbocycles. The molecular weight excluding hydrogens is 377 g/mol. The molecule has 26 heavy (non-hydrogen) atoms. The number of aliphatic hydroxyl groups is 1. The fourth-order valence-electron chi connectivity index (χ4n) is 2.35. The second-order valence-electron chi connectivity index (χ2n) is 6.23. The maximum absolute atomic E-state index is 12.3. The molecule has 2 aliphatic rings. The highest BCUT2D eigenvalue weighted by molar-refractivity contribution is 7.87. The number of ether oxygens (including phenoxy) is 2. The molecule has 10 heteroatoms. The number of aliphatic hydroxyl groups excluding tert-OH is 1. The van der Waals surface area contributed by atoms with Crippen molar-refractivity contribution in [2.24, 2.45) is 0 Å². The second kappa shape index (κ2) is 7.60. The normalized spacial score (nSPS) is 26.0. The highest BCUT2D eigenvalue weighted by Gasteiger charge is 2.48. The first-order valence-electron chi connectivity index (χ1n) is 7.82. The van der Waals surface area contributed by atoms with E-state index in [1.165, 1.54) is 0 Å². The van der Waals surface area contributed by atoms with E-state index in [0.29, 0.717) is 31.1 Å². The first-order chi connectivity index (χ1) is 11.9. The second-order valence-corrected chi connectivity index (χ2v) is 7.79. The van der Waals surface area contributed by atoms with Crippen LogP contribution in [0, 0.1) is 11.8 Å². The fraction of sp³-hybridized carbons (Fsp3) is 0.625. The Morgan fingerprint density at radius 2 is 2.15 bits per heavy atom. The summed E-state index contributed by atoms with van der Waals surface area (Å²) in [5.74, 6) is 4.37. The summed E-state index contributed by atoms with van der Waals surface area (Å²) in [6, 6.07) is 0. The molecule has 0 saturated carbocycles. The summed E-state index contributed by atoms with van der Waals surface area (Å²) in [7, 11) is -5.72. The maximum atomic E-state index is 12.3. The topological polar surface area (TPSA) is 82.1 Å². The minimum atomic E-state index is -5.72. The third-order valence-corrected chi connectivity index (χ3v) is 4.60. The molecule has 0 aromatic heterocycles. The number of halogens is 3. The lowest BCUT2D eigenvalue weighted by Crippen LogP contribution is -2.29. The molecule has 1 saturated heterocycles. The van der Waals surface area contributed by atoms with Gasteiger partial charge >= 0.3 is 15.6 Å². The van der Waals surface area contributed by atoms with Crippen molar-refractivity contribution in [1.29, 1.82) is 0 Å². The Balaban J connectivity index is 2.11. The zero-order chi connectivity index (χ0) is 19.6. The van der Waals surface area contributed by atoms with Crippen molar-refractivity contribution in [1.82, 2.24) is 0 Å². The van der Waals surface area contributed by atoms with E-state index in [0.717, 1.165) is 0 Å². The van der Waals surface area contributed by atoms with Crippen LogP contribution >= 0.6 is 0 Å². The van der Waals surface area contributed by atoms with E-state index in [1.54, 1.807) is 19.9 Å². The first-order valence-corrected chi connectivity index (χ1v) is 9.23. The molecule has 6 nitrogen and oxygen atoms in total. The minimum absolute atomic E-state index is 0.150. The first kappa shape index (κ1) is 20.8. The van der Waals surface area contributed by atoms with Crippen molar-refractivity contribution in [3.8, 4) is 11.8 Å². The van der Waals surface area contributed by atoms with Crippen molar-refractivity contribution in [3.05, 3.63) is 23.5 Å². The smallest absolute Gasteiger partial charge is 0.384 e. The summed E-state index contributed by atoms with van der Waals surface area (Å²) in [5.41, 5.74) is -4.98. The number of hydrogen-bond donors (Lipinski definition) is 1. The maximum Gasteiger partial charge on any atom is 0.534 e. The lowest BCUT2D eigenvalue weighted by molar-refractivity contribution is -0.146. The molecule has 146 valence electrons. The molecule has 0 bridgehead atoms. The van der Waals surface area contributed by atoms with Crippen LogP contribution in [-0.4, -0.2) is 43.6 Å². The number of hydrogen-bond acceptors (Lipinski definition) is 6. The van der Waals surface area contributed by atoms with Gasteiger partial charge in [0.1, 0.15) is 18.5 Å². The van der Waals surface area contributed by atoms with Gasteiger partial charge in [0.2, 0.25) is 0 Å². The van der Waals surface area contributed by atoms with Crippen molar-refractivity contribution in [2.75, 3.05) is 6.61 Å². The Morgan fingerprint density at radius 1 is 1.46 bits per heavy atom. The Morgan fingerprint density at radius 3 is 2.73 bits per heavy atom. The molecule has 0 spiro atoms. The average molecular weight is 396 g/mol. The van der Waals surface area contributed by atoms with E-state index in [1.807, 2.05) is 0 Å². The zero-order valence-corrected chi connectivity index (χ0v) is 15.0. The number of alkyl halides is 3. The van der Waals surface area contributed by atoms with Crippen LogP contribution < -0.4 is 0 Å². The fourth-order valence-corrected chi connectivity index (χ4v) is 2.70. The van der Waals surface area contributed by atoms with E-state index in [2.05, 4.69) is 16.0 Å². The van der Waals surface area contributed by atoms with Crippen LogP contribution in [0.5, 0.6) is 0 Å². The van der Waals surface area contributed by atoms with Crippen LogP contribution in [0.3, 0.4) is 0 Å². The van der Waals surface area contributed by atoms with Gasteiger partial charge in [0.25, 0.3) is 0 Å². The highest BCUT2D eigenvalue weighted by Crippen LogP contribution is 2.28. The molecule has 2 atom stereocenters.